The minimum atomic E-state index is -0.447. The van der Waals surface area contributed by atoms with E-state index in [1.807, 2.05) is 30.3 Å². The van der Waals surface area contributed by atoms with Gasteiger partial charge in [0.1, 0.15) is 6.04 Å². The molecule has 2 N–H and O–H groups in total. The van der Waals surface area contributed by atoms with Gasteiger partial charge in [0.15, 0.2) is 0 Å². The SMILES string of the molecule is CNC(=O)/C=C(/C)NC(C#N)c1ccccc1. The van der Waals surface area contributed by atoms with E-state index in [2.05, 4.69) is 16.7 Å². The molecule has 88 valence electrons. The van der Waals surface area contributed by atoms with Crippen molar-refractivity contribution >= 4 is 5.91 Å². The summed E-state index contributed by atoms with van der Waals surface area (Å²) in [6.45, 7) is 1.75. The first kappa shape index (κ1) is 12.8. The number of rotatable bonds is 4. The normalized spacial score (nSPS) is 12.4. The minimum Gasteiger partial charge on any atom is -0.370 e. The van der Waals surface area contributed by atoms with Gasteiger partial charge < -0.3 is 10.6 Å². The molecule has 0 aliphatic carbocycles. The predicted octanol–water partition coefficient (Wildman–Crippen LogP) is 1.49. The van der Waals surface area contributed by atoms with Crippen molar-refractivity contribution in [3.63, 3.8) is 0 Å². The third kappa shape index (κ3) is 3.99. The molecule has 1 amide bonds. The number of nitrogens with zero attached hydrogens (tertiary/aromatic N) is 1. The molecule has 0 bridgehead atoms. The zero-order valence-corrected chi connectivity index (χ0v) is 9.90. The van der Waals surface area contributed by atoms with E-state index in [0.717, 1.165) is 5.56 Å². The zero-order valence-electron chi connectivity index (χ0n) is 9.90. The van der Waals surface area contributed by atoms with E-state index in [4.69, 9.17) is 5.26 Å². The second-order valence-electron chi connectivity index (χ2n) is 3.56. The van der Waals surface area contributed by atoms with E-state index in [1.54, 1.807) is 14.0 Å². The lowest BCUT2D eigenvalue weighted by atomic mass is 10.1. The van der Waals surface area contributed by atoms with Gasteiger partial charge in [-0.2, -0.15) is 5.26 Å². The molecule has 0 aliphatic heterocycles. The molecule has 4 nitrogen and oxygen atoms in total. The number of nitrogens with one attached hydrogen (secondary N) is 2. The number of hydrogen-bond donors (Lipinski definition) is 2. The Bertz CT molecular complexity index is 445. The molecule has 0 fully saturated rings. The number of allylic oxidation sites excluding steroid dienone is 1. The summed E-state index contributed by atoms with van der Waals surface area (Å²) in [5.41, 5.74) is 1.53. The van der Waals surface area contributed by atoms with Gasteiger partial charge in [0, 0.05) is 18.8 Å². The Morgan fingerprint density at radius 1 is 1.41 bits per heavy atom. The van der Waals surface area contributed by atoms with Crippen molar-refractivity contribution in [3.05, 3.63) is 47.7 Å². The second-order valence-corrected chi connectivity index (χ2v) is 3.56. The van der Waals surface area contributed by atoms with Gasteiger partial charge in [-0.05, 0) is 12.5 Å². The van der Waals surface area contributed by atoms with Gasteiger partial charge in [-0.15, -0.1) is 0 Å². The summed E-state index contributed by atoms with van der Waals surface area (Å²) in [5.74, 6) is -0.195. The summed E-state index contributed by atoms with van der Waals surface area (Å²) in [6, 6.07) is 11.1. The predicted molar refractivity (Wildman–Crippen MR) is 65.8 cm³/mol. The summed E-state index contributed by atoms with van der Waals surface area (Å²) < 4.78 is 0. The van der Waals surface area contributed by atoms with Crippen LogP contribution in [0.25, 0.3) is 0 Å². The zero-order chi connectivity index (χ0) is 12.7. The van der Waals surface area contributed by atoms with Gasteiger partial charge in [0.2, 0.25) is 5.91 Å². The molecule has 1 aromatic carbocycles. The summed E-state index contributed by atoms with van der Waals surface area (Å²) in [7, 11) is 1.56. The fourth-order valence-electron chi connectivity index (χ4n) is 1.37. The molecule has 0 aromatic heterocycles. The number of carbonyl (C=O) groups excluding carboxylic acids is 1. The van der Waals surface area contributed by atoms with E-state index >= 15 is 0 Å². The van der Waals surface area contributed by atoms with Crippen LogP contribution in [0, 0.1) is 11.3 Å². The lowest BCUT2D eigenvalue weighted by Crippen LogP contribution is -2.21. The van der Waals surface area contributed by atoms with Crippen LogP contribution in [-0.4, -0.2) is 13.0 Å². The minimum absolute atomic E-state index is 0.195. The average Bonchev–Trinajstić information content (AvgIpc) is 2.36. The fraction of sp³-hybridized carbons (Fsp3) is 0.231. The van der Waals surface area contributed by atoms with Crippen LogP contribution < -0.4 is 10.6 Å². The molecule has 1 aromatic rings. The van der Waals surface area contributed by atoms with Crippen molar-refractivity contribution in [1.82, 2.24) is 10.6 Å². The Hall–Kier alpha value is -2.28. The highest BCUT2D eigenvalue weighted by Gasteiger charge is 2.09. The molecule has 0 heterocycles. The number of likely N-dealkylation sites (N-methyl/N-ethyl adjacent to an activating group) is 1. The van der Waals surface area contributed by atoms with E-state index < -0.39 is 6.04 Å². The molecule has 0 saturated heterocycles. The van der Waals surface area contributed by atoms with Gasteiger partial charge in [-0.25, -0.2) is 0 Å². The van der Waals surface area contributed by atoms with Gasteiger partial charge in [-0.1, -0.05) is 30.3 Å². The first-order chi connectivity index (χ1) is 8.17. The highest BCUT2D eigenvalue weighted by Crippen LogP contribution is 2.12. The lowest BCUT2D eigenvalue weighted by Gasteiger charge is -2.13. The molecule has 1 rings (SSSR count). The van der Waals surface area contributed by atoms with E-state index in [-0.39, 0.29) is 5.91 Å². The molecule has 17 heavy (non-hydrogen) atoms. The topological polar surface area (TPSA) is 64.9 Å². The number of benzene rings is 1. The first-order valence-electron chi connectivity index (χ1n) is 5.28. The Morgan fingerprint density at radius 3 is 2.59 bits per heavy atom. The maximum absolute atomic E-state index is 11.1. The molecule has 0 radical (unpaired) electrons. The molecule has 0 spiro atoms. The van der Waals surface area contributed by atoms with Crippen LogP contribution in [0.2, 0.25) is 0 Å². The van der Waals surface area contributed by atoms with Crippen LogP contribution in [0.1, 0.15) is 18.5 Å². The van der Waals surface area contributed by atoms with Crippen LogP contribution in [0.15, 0.2) is 42.1 Å². The molecule has 1 unspecified atom stereocenters. The third-order valence-corrected chi connectivity index (χ3v) is 2.23. The lowest BCUT2D eigenvalue weighted by molar-refractivity contribution is -0.116. The average molecular weight is 229 g/mol. The van der Waals surface area contributed by atoms with Crippen molar-refractivity contribution in [2.75, 3.05) is 7.05 Å². The Balaban J connectivity index is 2.76. The molecule has 0 saturated carbocycles. The Labute approximate surface area is 101 Å². The summed E-state index contributed by atoms with van der Waals surface area (Å²) >= 11 is 0. The van der Waals surface area contributed by atoms with Crippen molar-refractivity contribution in [2.24, 2.45) is 0 Å². The highest BCUT2D eigenvalue weighted by molar-refractivity contribution is 5.87. The summed E-state index contributed by atoms with van der Waals surface area (Å²) in [6.07, 6.45) is 1.42. The summed E-state index contributed by atoms with van der Waals surface area (Å²) in [4.78, 5) is 11.1. The highest BCUT2D eigenvalue weighted by atomic mass is 16.1. The van der Waals surface area contributed by atoms with Crippen LogP contribution in [0.5, 0.6) is 0 Å². The van der Waals surface area contributed by atoms with Crippen molar-refractivity contribution in [2.45, 2.75) is 13.0 Å². The van der Waals surface area contributed by atoms with Crippen LogP contribution in [-0.2, 0) is 4.79 Å². The van der Waals surface area contributed by atoms with Crippen LogP contribution >= 0.6 is 0 Å². The van der Waals surface area contributed by atoms with Crippen LogP contribution in [0.3, 0.4) is 0 Å². The molecular formula is C13H15N3O. The van der Waals surface area contributed by atoms with Crippen LogP contribution in [0.4, 0.5) is 0 Å². The smallest absolute Gasteiger partial charge is 0.245 e. The Morgan fingerprint density at radius 2 is 2.06 bits per heavy atom. The van der Waals surface area contributed by atoms with Gasteiger partial charge in [-0.3, -0.25) is 4.79 Å². The third-order valence-electron chi connectivity index (χ3n) is 2.23. The standard InChI is InChI=1S/C13H15N3O/c1-10(8-13(17)15-2)16-12(9-14)11-6-4-3-5-7-11/h3-8,12,16H,1-2H3,(H,15,17)/b10-8-. The molecular weight excluding hydrogens is 214 g/mol. The van der Waals surface area contributed by atoms with E-state index in [9.17, 15) is 4.79 Å². The van der Waals surface area contributed by atoms with Crippen molar-refractivity contribution in [1.29, 1.82) is 5.26 Å². The number of amides is 1. The second kappa shape index (κ2) is 6.33. The molecule has 4 heteroatoms. The summed E-state index contributed by atoms with van der Waals surface area (Å²) in [5, 5.41) is 14.6. The first-order valence-corrected chi connectivity index (χ1v) is 5.28. The maximum Gasteiger partial charge on any atom is 0.245 e. The number of nitriles is 1. The maximum atomic E-state index is 11.1. The quantitative estimate of drug-likeness (QED) is 0.769. The van der Waals surface area contributed by atoms with Crippen molar-refractivity contribution in [3.8, 4) is 6.07 Å². The molecule has 0 aliphatic rings. The largest absolute Gasteiger partial charge is 0.370 e. The monoisotopic (exact) mass is 229 g/mol. The fourth-order valence-corrected chi connectivity index (χ4v) is 1.37. The number of carbonyl (C=O) groups is 1. The van der Waals surface area contributed by atoms with Gasteiger partial charge >= 0.3 is 0 Å². The number of hydrogen-bond acceptors (Lipinski definition) is 3. The van der Waals surface area contributed by atoms with Crippen molar-refractivity contribution < 1.29 is 4.79 Å². The Kier molecular flexibility index (Phi) is 4.77. The van der Waals surface area contributed by atoms with E-state index in [1.165, 1.54) is 6.08 Å². The van der Waals surface area contributed by atoms with E-state index in [0.29, 0.717) is 5.70 Å². The molecule has 1 atom stereocenters. The van der Waals surface area contributed by atoms with Gasteiger partial charge in [0.05, 0.1) is 6.07 Å². The van der Waals surface area contributed by atoms with Gasteiger partial charge in [0.25, 0.3) is 0 Å².